The predicted octanol–water partition coefficient (Wildman–Crippen LogP) is 2.63. The summed E-state index contributed by atoms with van der Waals surface area (Å²) in [5.74, 6) is 0.462. The molecule has 0 radical (unpaired) electrons. The van der Waals surface area contributed by atoms with Crippen molar-refractivity contribution in [1.82, 2.24) is 18.5 Å². The largest absolute Gasteiger partial charge is 0.462 e. The molecule has 158 valence electrons. The van der Waals surface area contributed by atoms with Gasteiger partial charge in [0.25, 0.3) is 16.1 Å². The van der Waals surface area contributed by atoms with E-state index in [9.17, 15) is 13.2 Å². The Bertz CT molecular complexity index is 1120. The minimum absolute atomic E-state index is 0.147. The van der Waals surface area contributed by atoms with Crippen LogP contribution >= 0.6 is 11.3 Å². The van der Waals surface area contributed by atoms with Crippen LogP contribution in [-0.4, -0.2) is 73.1 Å². The summed E-state index contributed by atoms with van der Waals surface area (Å²) in [6.07, 6.45) is 1.57. The first-order valence-electron chi connectivity index (χ1n) is 9.45. The van der Waals surface area contributed by atoms with E-state index >= 15 is 0 Å². The molecule has 4 rings (SSSR count). The molecule has 10 heteroatoms. The van der Waals surface area contributed by atoms with Crippen LogP contribution in [0.1, 0.15) is 9.67 Å². The van der Waals surface area contributed by atoms with Crippen LogP contribution in [0.5, 0.6) is 0 Å². The van der Waals surface area contributed by atoms with E-state index in [0.717, 1.165) is 5.56 Å². The van der Waals surface area contributed by atoms with E-state index in [2.05, 4.69) is 4.98 Å². The van der Waals surface area contributed by atoms with Gasteiger partial charge in [0, 0.05) is 45.8 Å². The van der Waals surface area contributed by atoms with Crippen molar-refractivity contribution in [3.8, 4) is 22.0 Å². The van der Waals surface area contributed by atoms with Crippen LogP contribution in [0.25, 0.3) is 22.0 Å². The van der Waals surface area contributed by atoms with Crippen molar-refractivity contribution in [2.24, 2.45) is 0 Å². The van der Waals surface area contributed by atoms with E-state index in [1.54, 1.807) is 17.2 Å². The molecule has 1 amide bonds. The van der Waals surface area contributed by atoms with Gasteiger partial charge >= 0.3 is 0 Å². The fraction of sp³-hybridized carbons (Fsp3) is 0.300. The maximum atomic E-state index is 13.4. The number of aromatic nitrogens is 1. The monoisotopic (exact) mass is 446 g/mol. The maximum Gasteiger partial charge on any atom is 0.281 e. The van der Waals surface area contributed by atoms with E-state index < -0.39 is 10.2 Å². The molecule has 3 aromatic rings. The van der Waals surface area contributed by atoms with Gasteiger partial charge in [-0.1, -0.05) is 30.3 Å². The highest BCUT2D eigenvalue weighted by Crippen LogP contribution is 2.35. The van der Waals surface area contributed by atoms with E-state index in [4.69, 9.17) is 4.42 Å². The third-order valence-corrected chi connectivity index (χ3v) is 7.91. The number of furan rings is 1. The minimum atomic E-state index is -3.48. The van der Waals surface area contributed by atoms with E-state index in [0.29, 0.717) is 34.4 Å². The Hall–Kier alpha value is -2.53. The molecule has 0 bridgehead atoms. The number of amides is 1. The molecule has 3 heterocycles. The Labute approximate surface area is 179 Å². The summed E-state index contributed by atoms with van der Waals surface area (Å²) >= 11 is 1.29. The summed E-state index contributed by atoms with van der Waals surface area (Å²) in [4.78, 5) is 20.2. The molecule has 0 saturated carbocycles. The van der Waals surface area contributed by atoms with Crippen molar-refractivity contribution < 1.29 is 17.6 Å². The second-order valence-electron chi connectivity index (χ2n) is 7.02. The topological polar surface area (TPSA) is 87.0 Å². The van der Waals surface area contributed by atoms with Gasteiger partial charge < -0.3 is 9.32 Å². The van der Waals surface area contributed by atoms with Crippen molar-refractivity contribution in [2.75, 3.05) is 40.3 Å². The highest BCUT2D eigenvalue weighted by atomic mass is 32.2. The Balaban J connectivity index is 1.61. The van der Waals surface area contributed by atoms with Crippen LogP contribution < -0.4 is 0 Å². The Morgan fingerprint density at radius 2 is 1.77 bits per heavy atom. The highest BCUT2D eigenvalue weighted by molar-refractivity contribution is 7.86. The molecule has 0 spiro atoms. The van der Waals surface area contributed by atoms with Crippen LogP contribution in [0.15, 0.2) is 53.1 Å². The summed E-state index contributed by atoms with van der Waals surface area (Å²) in [5, 5.41) is 0.635. The molecular formula is C20H22N4O4S2. The molecule has 30 heavy (non-hydrogen) atoms. The number of benzene rings is 1. The summed E-state index contributed by atoms with van der Waals surface area (Å²) in [6.45, 7) is 1.18. The first kappa shape index (κ1) is 20.7. The number of rotatable bonds is 5. The number of piperazine rings is 1. The molecular weight excluding hydrogens is 424 g/mol. The van der Waals surface area contributed by atoms with Crippen LogP contribution in [0.4, 0.5) is 0 Å². The number of carbonyl (C=O) groups excluding carboxylic acids is 1. The van der Waals surface area contributed by atoms with Gasteiger partial charge in [-0.05, 0) is 12.1 Å². The van der Waals surface area contributed by atoms with E-state index in [1.807, 2.05) is 36.4 Å². The normalized spacial score (nSPS) is 15.6. The molecule has 1 fully saturated rings. The quantitative estimate of drug-likeness (QED) is 0.601. The van der Waals surface area contributed by atoms with Crippen molar-refractivity contribution in [3.05, 3.63) is 53.6 Å². The molecule has 1 aliphatic heterocycles. The first-order valence-corrected chi connectivity index (χ1v) is 11.7. The molecule has 0 unspecified atom stereocenters. The van der Waals surface area contributed by atoms with Crippen LogP contribution in [0.3, 0.4) is 0 Å². The minimum Gasteiger partial charge on any atom is -0.462 e. The predicted molar refractivity (Wildman–Crippen MR) is 115 cm³/mol. The Kier molecular flexibility index (Phi) is 5.74. The third-order valence-electron chi connectivity index (χ3n) is 4.91. The number of carbonyl (C=O) groups is 1. The number of hydrogen-bond acceptors (Lipinski definition) is 6. The summed E-state index contributed by atoms with van der Waals surface area (Å²) in [6, 6.07) is 13.1. The van der Waals surface area contributed by atoms with Gasteiger partial charge in [-0.2, -0.15) is 17.0 Å². The molecule has 2 aromatic heterocycles. The summed E-state index contributed by atoms with van der Waals surface area (Å²) in [7, 11) is -0.471. The van der Waals surface area contributed by atoms with Crippen molar-refractivity contribution in [1.29, 1.82) is 0 Å². The van der Waals surface area contributed by atoms with Gasteiger partial charge in [0.2, 0.25) is 0 Å². The highest BCUT2D eigenvalue weighted by Gasteiger charge is 2.32. The lowest BCUT2D eigenvalue weighted by atomic mass is 10.1. The van der Waals surface area contributed by atoms with Crippen molar-refractivity contribution >= 4 is 27.5 Å². The van der Waals surface area contributed by atoms with Crippen molar-refractivity contribution in [2.45, 2.75) is 0 Å². The van der Waals surface area contributed by atoms with Gasteiger partial charge in [-0.3, -0.25) is 4.79 Å². The SMILES string of the molecule is CN(C)S(=O)(=O)N1CCN(C(=O)c2sc(-c3ccco3)nc2-c2ccccc2)CC1. The van der Waals surface area contributed by atoms with Gasteiger partial charge in [-0.15, -0.1) is 11.3 Å². The van der Waals surface area contributed by atoms with Crippen LogP contribution in [-0.2, 0) is 10.2 Å². The van der Waals surface area contributed by atoms with E-state index in [-0.39, 0.29) is 19.0 Å². The lowest BCUT2D eigenvalue weighted by molar-refractivity contribution is 0.0700. The lowest BCUT2D eigenvalue weighted by Gasteiger charge is -2.35. The van der Waals surface area contributed by atoms with E-state index in [1.165, 1.54) is 34.0 Å². The Morgan fingerprint density at radius 3 is 2.37 bits per heavy atom. The number of hydrogen-bond donors (Lipinski definition) is 0. The number of thiazole rings is 1. The van der Waals surface area contributed by atoms with Gasteiger partial charge in [0.15, 0.2) is 10.8 Å². The second-order valence-corrected chi connectivity index (χ2v) is 10.2. The molecule has 1 saturated heterocycles. The zero-order valence-corrected chi connectivity index (χ0v) is 18.3. The molecule has 1 aromatic carbocycles. The molecule has 8 nitrogen and oxygen atoms in total. The summed E-state index contributed by atoms with van der Waals surface area (Å²) < 4.78 is 32.7. The number of nitrogens with zero attached hydrogens (tertiary/aromatic N) is 4. The standard InChI is InChI=1S/C20H22N4O4S2/c1-22(2)30(26,27)24-12-10-23(11-13-24)20(25)18-17(15-7-4-3-5-8-15)21-19(29-18)16-9-6-14-28-16/h3-9,14H,10-13H2,1-2H3. The fourth-order valence-electron chi connectivity index (χ4n) is 3.26. The molecule has 0 atom stereocenters. The third kappa shape index (κ3) is 3.91. The van der Waals surface area contributed by atoms with Gasteiger partial charge in [-0.25, -0.2) is 4.98 Å². The first-order chi connectivity index (χ1) is 14.4. The zero-order chi connectivity index (χ0) is 21.3. The van der Waals surface area contributed by atoms with Crippen LogP contribution in [0.2, 0.25) is 0 Å². The maximum absolute atomic E-state index is 13.4. The van der Waals surface area contributed by atoms with Gasteiger partial charge in [0.1, 0.15) is 4.88 Å². The molecule has 1 aliphatic rings. The lowest BCUT2D eigenvalue weighted by Crippen LogP contribution is -2.53. The molecule has 0 aliphatic carbocycles. The smallest absolute Gasteiger partial charge is 0.281 e. The summed E-state index contributed by atoms with van der Waals surface area (Å²) in [5.41, 5.74) is 1.46. The molecule has 0 N–H and O–H groups in total. The van der Waals surface area contributed by atoms with Crippen LogP contribution in [0, 0.1) is 0 Å². The second kappa shape index (κ2) is 8.31. The van der Waals surface area contributed by atoms with Crippen molar-refractivity contribution in [3.63, 3.8) is 0 Å². The van der Waals surface area contributed by atoms with Gasteiger partial charge in [0.05, 0.1) is 12.0 Å². The fourth-order valence-corrected chi connectivity index (χ4v) is 5.37. The average Bonchev–Trinajstić information content (AvgIpc) is 3.44. The Morgan fingerprint density at radius 1 is 1.07 bits per heavy atom. The zero-order valence-electron chi connectivity index (χ0n) is 16.7. The average molecular weight is 447 g/mol.